The van der Waals surface area contributed by atoms with Gasteiger partial charge in [-0.25, -0.2) is 4.79 Å². The molecule has 2 saturated heterocycles. The zero-order valence-corrected chi connectivity index (χ0v) is 72.2. The van der Waals surface area contributed by atoms with Gasteiger partial charge in [0.15, 0.2) is 11.9 Å². The van der Waals surface area contributed by atoms with Crippen molar-refractivity contribution in [1.29, 1.82) is 10.8 Å². The number of hydrogen-bond donors (Lipinski definition) is 25. The molecule has 2 fully saturated rings. The molecule has 2 aliphatic heterocycles. The van der Waals surface area contributed by atoms with Crippen molar-refractivity contribution < 1.29 is 117 Å². The summed E-state index contributed by atoms with van der Waals surface area (Å²) < 4.78 is 0. The summed E-state index contributed by atoms with van der Waals surface area (Å²) in [6.07, 6.45) is -6.23. The Morgan fingerprint density at radius 3 is 1.22 bits per heavy atom. The maximum atomic E-state index is 14.8. The molecule has 1 aromatic carbocycles. The van der Waals surface area contributed by atoms with Crippen LogP contribution in [0.25, 0.3) is 0 Å². The van der Waals surface area contributed by atoms with Crippen LogP contribution in [0.2, 0.25) is 0 Å². The number of nitrogens with one attached hydrogen (secondary N) is 16. The number of hydrogen-bond acceptors (Lipinski definition) is 23. The van der Waals surface area contributed by atoms with Gasteiger partial charge < -0.3 is 133 Å². The van der Waals surface area contributed by atoms with Crippen molar-refractivity contribution in [3.05, 3.63) is 35.9 Å². The monoisotopic (exact) mass is 1770 g/mol. The number of benzene rings is 1. The summed E-state index contributed by atoms with van der Waals surface area (Å²) in [4.78, 5) is 262. The van der Waals surface area contributed by atoms with E-state index in [2.05, 4.69) is 74.4 Å². The molecule has 0 aromatic heterocycles. The van der Waals surface area contributed by atoms with Crippen LogP contribution >= 0.6 is 0 Å². The van der Waals surface area contributed by atoms with Crippen molar-refractivity contribution in [2.45, 2.75) is 282 Å². The minimum Gasteiger partial charge on any atom is -0.481 e. The van der Waals surface area contributed by atoms with Crippen molar-refractivity contribution in [3.8, 4) is 0 Å². The Bertz CT molecular complexity index is 3960. The van der Waals surface area contributed by atoms with E-state index in [0.29, 0.717) is 12.0 Å². The standard InChI is InChI=1S/C79H128N22O24/c1-38(2)32-49(67(114)89-46(21-15-29-87-79(84)85)65(112)93-50(33-39(3)4)68(115)92-48(77(124)125)25-27-58(104)105)94-70(117)53(36-59(106)107)95-66(113)47(24-26-57(80)103)90-69(116)52(35-44-18-12-11-13-19-44)97-72(119)55-22-16-30-100(55)75(122)54(37-60(108)109)98-63(110)42(9)88-64(111)45(20-14-28-86-78(82)83)91-74(121)62(41(7)8)99-71(118)51(34-40(5)6)96-73(120)56-23-17-31-101(56)76(123)61(81)43(10)102/h11-13,18-19,38-43,45-56,61-62,102H,14-17,20-37,81H2,1-10H3,(H2,80,103)(H,88,111)(H,89,114)(H,90,116)(H,91,121)(H,92,115)(H,93,112)(H,94,117)(H,95,113)(H,96,120)(H,97,119)(H,98,110)(H,99,118)(H,104,105)(H,106,107)(H,108,109)(H,124,125)(H4,82,83,86)(H4,84,85,87)/t42-,43+,45-,46-,47-,48-,49-,50-,51-,52-,53-,54-,55-,56-,61-,62-/m0/s1. The minimum absolute atomic E-state index is 0.00485. The number of amides is 15. The van der Waals surface area contributed by atoms with Gasteiger partial charge in [-0.05, 0) is 127 Å². The molecule has 3 rings (SSSR count). The number of aliphatic hydroxyl groups excluding tert-OH is 1. The molecule has 0 spiro atoms. The Morgan fingerprint density at radius 1 is 0.416 bits per heavy atom. The zero-order chi connectivity index (χ0) is 94.4. The summed E-state index contributed by atoms with van der Waals surface area (Å²) in [6, 6.07) is -15.6. The highest BCUT2D eigenvalue weighted by Crippen LogP contribution is 2.23. The Hall–Kier alpha value is -12.4. The third-order valence-electron chi connectivity index (χ3n) is 20.2. The highest BCUT2D eigenvalue weighted by Gasteiger charge is 2.44. The van der Waals surface area contributed by atoms with E-state index in [1.165, 1.54) is 18.7 Å². The summed E-state index contributed by atoms with van der Waals surface area (Å²) in [5, 5.41) is 99.2. The number of primary amides is 1. The van der Waals surface area contributed by atoms with Crippen molar-refractivity contribution in [2.24, 2.45) is 46.6 Å². The third-order valence-corrected chi connectivity index (χ3v) is 20.2. The van der Waals surface area contributed by atoms with E-state index in [4.69, 9.17) is 33.8 Å². The van der Waals surface area contributed by atoms with Crippen molar-refractivity contribution in [3.63, 3.8) is 0 Å². The fourth-order valence-corrected chi connectivity index (χ4v) is 13.7. The predicted octanol–water partition coefficient (Wildman–Crippen LogP) is -5.76. The van der Waals surface area contributed by atoms with E-state index >= 15 is 0 Å². The van der Waals surface area contributed by atoms with Crippen LogP contribution in [0.4, 0.5) is 0 Å². The van der Waals surface area contributed by atoms with E-state index in [1.54, 1.807) is 85.7 Å². The number of aliphatic hydroxyl groups is 1. The second-order valence-electron chi connectivity index (χ2n) is 32.7. The molecule has 2 aliphatic rings. The van der Waals surface area contributed by atoms with Gasteiger partial charge in [0, 0.05) is 45.4 Å². The average Bonchev–Trinajstić information content (AvgIpc) is 1.72. The van der Waals surface area contributed by atoms with Gasteiger partial charge in [0.1, 0.15) is 90.6 Å². The molecule has 15 amide bonds. The maximum absolute atomic E-state index is 14.8. The Balaban J connectivity index is 1.95. The highest BCUT2D eigenvalue weighted by molar-refractivity contribution is 6.02. The molecule has 2 heterocycles. The first kappa shape index (κ1) is 107. The quantitative estimate of drug-likeness (QED) is 0.0164. The second kappa shape index (κ2) is 52.9. The van der Waals surface area contributed by atoms with E-state index in [-0.39, 0.29) is 109 Å². The average molecular weight is 1770 g/mol. The Labute approximate surface area is 723 Å². The molecule has 0 unspecified atom stereocenters. The van der Waals surface area contributed by atoms with Crippen LogP contribution in [-0.2, 0) is 97.5 Å². The van der Waals surface area contributed by atoms with Crippen LogP contribution in [-0.4, -0.2) is 283 Å². The Morgan fingerprint density at radius 2 is 0.784 bits per heavy atom. The number of aliphatic carboxylic acids is 4. The number of guanidine groups is 2. The van der Waals surface area contributed by atoms with Gasteiger partial charge in [0.05, 0.1) is 18.9 Å². The fraction of sp³-hybridized carbons (Fsp3) is 0.658. The van der Waals surface area contributed by atoms with Gasteiger partial charge in [0.25, 0.3) is 0 Å². The second-order valence-corrected chi connectivity index (χ2v) is 32.7. The largest absolute Gasteiger partial charge is 0.481 e. The van der Waals surface area contributed by atoms with E-state index in [0.717, 1.165) is 4.90 Å². The van der Waals surface area contributed by atoms with E-state index < -0.39 is 271 Å². The molecular formula is C79H128N22O24. The lowest BCUT2D eigenvalue weighted by atomic mass is 9.99. The molecule has 46 heteroatoms. The summed E-state index contributed by atoms with van der Waals surface area (Å²) in [5.74, 6) is -23.9. The smallest absolute Gasteiger partial charge is 0.326 e. The van der Waals surface area contributed by atoms with Gasteiger partial charge in [-0.2, -0.15) is 0 Å². The van der Waals surface area contributed by atoms with Gasteiger partial charge >= 0.3 is 23.9 Å². The molecule has 29 N–H and O–H groups in total. The van der Waals surface area contributed by atoms with Crippen LogP contribution in [0.5, 0.6) is 0 Å². The number of rotatable bonds is 55. The number of carbonyl (C=O) groups is 19. The lowest BCUT2D eigenvalue weighted by Crippen LogP contribution is -2.61. The minimum atomic E-state index is -2.09. The van der Waals surface area contributed by atoms with Crippen LogP contribution in [0.3, 0.4) is 0 Å². The van der Waals surface area contributed by atoms with Crippen molar-refractivity contribution in [2.75, 3.05) is 26.2 Å². The first-order chi connectivity index (χ1) is 58.5. The lowest BCUT2D eigenvalue weighted by molar-refractivity contribution is -0.146. The molecule has 16 atom stereocenters. The molecule has 0 aliphatic carbocycles. The fourth-order valence-electron chi connectivity index (χ4n) is 13.7. The van der Waals surface area contributed by atoms with E-state index in [9.17, 15) is 117 Å². The lowest BCUT2D eigenvalue weighted by Gasteiger charge is -2.31. The summed E-state index contributed by atoms with van der Waals surface area (Å²) in [7, 11) is 0. The molecule has 0 saturated carbocycles. The number of carboxylic acid groups (broad SMARTS) is 4. The molecule has 0 radical (unpaired) electrons. The molecule has 46 nitrogen and oxygen atoms in total. The van der Waals surface area contributed by atoms with Crippen molar-refractivity contribution in [1.82, 2.24) is 84.2 Å². The summed E-state index contributed by atoms with van der Waals surface area (Å²) >= 11 is 0. The molecular weight excluding hydrogens is 1640 g/mol. The normalized spacial score (nSPS) is 17.0. The summed E-state index contributed by atoms with van der Waals surface area (Å²) in [6.45, 7) is 15.8. The number of nitrogens with two attached hydrogens (primary N) is 4. The van der Waals surface area contributed by atoms with Crippen LogP contribution in [0.15, 0.2) is 30.3 Å². The molecule has 1 aromatic rings. The predicted molar refractivity (Wildman–Crippen MR) is 447 cm³/mol. The van der Waals surface area contributed by atoms with Gasteiger partial charge in [-0.3, -0.25) is 97.1 Å². The first-order valence-corrected chi connectivity index (χ1v) is 41.6. The SMILES string of the molecule is CC(C)C[C@H](NC(=O)[C@H](CCCNC(=N)N)NC(=O)[C@H](CC(C)C)NC(=O)[C@H](CC(=O)O)NC(=O)[C@H](CCC(N)=O)NC(=O)[C@H](Cc1ccccc1)NC(=O)[C@@H]1CCCN1C(=O)[C@H](CC(=O)O)NC(=O)[C@H](C)NC(=O)[C@H](CCCNC(=N)N)NC(=O)[C@@H](NC(=O)[C@H](CC(C)C)NC(=O)[C@@H]1CCCN1C(=O)[C@@H](N)[C@@H](C)O)C(C)C)C(=O)N[C@@H](CCC(=O)O)C(=O)O. The maximum Gasteiger partial charge on any atom is 0.326 e. The first-order valence-electron chi connectivity index (χ1n) is 41.6. The highest BCUT2D eigenvalue weighted by atomic mass is 16.4. The number of carbonyl (C=O) groups excluding carboxylic acids is 15. The summed E-state index contributed by atoms with van der Waals surface area (Å²) in [5.41, 5.74) is 22.8. The van der Waals surface area contributed by atoms with Gasteiger partial charge in [-0.15, -0.1) is 0 Å². The topological polar surface area (TPSA) is 752 Å². The van der Waals surface area contributed by atoms with Crippen LogP contribution in [0.1, 0.15) is 184 Å². The van der Waals surface area contributed by atoms with Gasteiger partial charge in [0.2, 0.25) is 88.6 Å². The number of likely N-dealkylation sites (tertiary alicyclic amines) is 2. The van der Waals surface area contributed by atoms with Gasteiger partial charge in [-0.1, -0.05) is 85.7 Å². The van der Waals surface area contributed by atoms with Crippen LogP contribution < -0.4 is 97.4 Å². The zero-order valence-electron chi connectivity index (χ0n) is 72.2. The van der Waals surface area contributed by atoms with Crippen molar-refractivity contribution >= 4 is 124 Å². The Kier molecular flexibility index (Phi) is 45.2. The molecule has 125 heavy (non-hydrogen) atoms. The molecule has 698 valence electrons. The van der Waals surface area contributed by atoms with E-state index in [1.807, 2.05) is 0 Å². The van der Waals surface area contributed by atoms with Crippen LogP contribution in [0, 0.1) is 34.5 Å². The number of carboxylic acids is 4. The molecule has 0 bridgehead atoms. The number of nitrogens with zero attached hydrogens (tertiary/aromatic N) is 2. The third kappa shape index (κ3) is 38.1.